The first-order chi connectivity index (χ1) is 15.5. The molecule has 1 aliphatic carbocycles. The maximum absolute atomic E-state index is 13.1. The first-order valence-corrected chi connectivity index (χ1v) is 11.0. The van der Waals surface area contributed by atoms with E-state index >= 15 is 0 Å². The molecule has 0 atom stereocenters. The first kappa shape index (κ1) is 20.8. The summed E-state index contributed by atoms with van der Waals surface area (Å²) in [6.07, 6.45) is 2.49. The zero-order valence-electron chi connectivity index (χ0n) is 17.2. The summed E-state index contributed by atoms with van der Waals surface area (Å²) in [4.78, 5) is 13.0. The number of rotatable bonds is 3. The third kappa shape index (κ3) is 4.02. The molecule has 1 fully saturated rings. The maximum Gasteiger partial charge on any atom is 0.408 e. The molecular formula is C23H22ClFN4O3. The highest BCUT2D eigenvalue weighted by Gasteiger charge is 2.32. The summed E-state index contributed by atoms with van der Waals surface area (Å²) in [5, 5.41) is 19.0. The lowest BCUT2D eigenvalue weighted by Gasteiger charge is -2.29. The van der Waals surface area contributed by atoms with Gasteiger partial charge in [-0.05, 0) is 73.7 Å². The summed E-state index contributed by atoms with van der Waals surface area (Å²) in [7, 11) is 0. The minimum absolute atomic E-state index is 0.0665. The van der Waals surface area contributed by atoms with E-state index in [1.165, 1.54) is 17.0 Å². The molecule has 5 rings (SSSR count). The van der Waals surface area contributed by atoms with Gasteiger partial charge in [0.15, 0.2) is 5.82 Å². The van der Waals surface area contributed by atoms with Gasteiger partial charge in [0.25, 0.3) is 0 Å². The Kier molecular flexibility index (Phi) is 5.46. The van der Waals surface area contributed by atoms with E-state index in [0.29, 0.717) is 16.6 Å². The molecule has 1 N–H and O–H groups in total. The SMILES string of the molecule is O=C(O)N1Cc2cc(Cl)ccc2-n2c(nnc2[C@H]2CC[C@H](Oc3ccc(F)cc3)CC2)C1. The number of carbonyl (C=O) groups is 1. The van der Waals surface area contributed by atoms with E-state index in [2.05, 4.69) is 10.2 Å². The van der Waals surface area contributed by atoms with Crippen LogP contribution in [0.4, 0.5) is 9.18 Å². The average molecular weight is 457 g/mol. The third-order valence-corrected chi connectivity index (χ3v) is 6.39. The fraction of sp³-hybridized carbons (Fsp3) is 0.348. The Morgan fingerprint density at radius 3 is 2.53 bits per heavy atom. The number of halogens is 2. The number of ether oxygens (including phenoxy) is 1. The molecule has 3 aromatic rings. The van der Waals surface area contributed by atoms with Crippen molar-refractivity contribution in [1.29, 1.82) is 0 Å². The summed E-state index contributed by atoms with van der Waals surface area (Å²) in [6, 6.07) is 11.6. The van der Waals surface area contributed by atoms with Crippen LogP contribution < -0.4 is 4.74 Å². The quantitative estimate of drug-likeness (QED) is 0.589. The number of fused-ring (bicyclic) bond motifs is 3. The average Bonchev–Trinajstić information content (AvgIpc) is 3.11. The van der Waals surface area contributed by atoms with Crippen LogP contribution in [-0.2, 0) is 13.1 Å². The summed E-state index contributed by atoms with van der Waals surface area (Å²) < 4.78 is 21.1. The predicted octanol–water partition coefficient (Wildman–Crippen LogP) is 5.16. The number of benzene rings is 2. The van der Waals surface area contributed by atoms with Crippen molar-refractivity contribution in [1.82, 2.24) is 19.7 Å². The summed E-state index contributed by atoms with van der Waals surface area (Å²) in [6.45, 7) is 0.407. The molecule has 2 aliphatic rings. The molecule has 1 amide bonds. The van der Waals surface area contributed by atoms with Gasteiger partial charge in [0.05, 0.1) is 24.9 Å². The lowest BCUT2D eigenvalue weighted by atomic mass is 9.86. The number of nitrogens with zero attached hydrogens (tertiary/aromatic N) is 4. The molecule has 0 saturated heterocycles. The predicted molar refractivity (Wildman–Crippen MR) is 116 cm³/mol. The number of aromatic nitrogens is 3. The van der Waals surface area contributed by atoms with E-state index < -0.39 is 6.09 Å². The first-order valence-electron chi connectivity index (χ1n) is 10.6. The maximum atomic E-state index is 13.1. The van der Waals surface area contributed by atoms with Crippen molar-refractivity contribution < 1.29 is 19.0 Å². The second-order valence-corrected chi connectivity index (χ2v) is 8.70. The van der Waals surface area contributed by atoms with Gasteiger partial charge in [-0.25, -0.2) is 9.18 Å². The highest BCUT2D eigenvalue weighted by molar-refractivity contribution is 6.30. The number of amides is 1. The Morgan fingerprint density at radius 2 is 1.81 bits per heavy atom. The summed E-state index contributed by atoms with van der Waals surface area (Å²) in [5.74, 6) is 2.02. The van der Waals surface area contributed by atoms with E-state index in [0.717, 1.165) is 42.8 Å². The van der Waals surface area contributed by atoms with Crippen LogP contribution in [-0.4, -0.2) is 37.0 Å². The number of hydrogen-bond donors (Lipinski definition) is 1. The smallest absolute Gasteiger partial charge is 0.408 e. The Bertz CT molecular complexity index is 1140. The van der Waals surface area contributed by atoms with Gasteiger partial charge < -0.3 is 9.84 Å². The minimum atomic E-state index is -1.01. The van der Waals surface area contributed by atoms with Crippen LogP contribution in [0, 0.1) is 5.82 Å². The van der Waals surface area contributed by atoms with Gasteiger partial charge in [-0.3, -0.25) is 9.47 Å². The van der Waals surface area contributed by atoms with Crippen molar-refractivity contribution in [3.05, 3.63) is 70.5 Å². The van der Waals surface area contributed by atoms with E-state index in [4.69, 9.17) is 16.3 Å². The van der Waals surface area contributed by atoms with Crippen molar-refractivity contribution in [2.45, 2.75) is 50.8 Å². The molecule has 9 heteroatoms. The molecule has 2 aromatic carbocycles. The van der Waals surface area contributed by atoms with Crippen LogP contribution in [0.5, 0.6) is 5.75 Å². The molecule has 7 nitrogen and oxygen atoms in total. The van der Waals surface area contributed by atoms with Crippen molar-refractivity contribution in [2.75, 3.05) is 0 Å². The van der Waals surface area contributed by atoms with Gasteiger partial charge in [-0.15, -0.1) is 10.2 Å². The van der Waals surface area contributed by atoms with Gasteiger partial charge in [0.1, 0.15) is 17.4 Å². The standard InChI is InChI=1S/C23H22ClFN4O3/c24-16-3-10-20-15(11-16)12-28(23(30)31)13-21-26-27-22(29(20)21)14-1-6-18(7-2-14)32-19-8-4-17(25)5-9-19/h3-5,8-11,14,18H,1-2,6-7,12-13H2,(H,30,31)/t14-,18-. The third-order valence-electron chi connectivity index (χ3n) is 6.16. The molecule has 1 aliphatic heterocycles. The molecule has 0 radical (unpaired) electrons. The van der Waals surface area contributed by atoms with Crippen LogP contribution in [0.3, 0.4) is 0 Å². The van der Waals surface area contributed by atoms with E-state index in [-0.39, 0.29) is 30.9 Å². The number of hydrogen-bond acceptors (Lipinski definition) is 4. The van der Waals surface area contributed by atoms with Crippen LogP contribution >= 0.6 is 11.6 Å². The second kappa shape index (κ2) is 8.43. The van der Waals surface area contributed by atoms with Crippen LogP contribution in [0.25, 0.3) is 5.69 Å². The molecule has 0 bridgehead atoms. The second-order valence-electron chi connectivity index (χ2n) is 8.27. The van der Waals surface area contributed by atoms with Gasteiger partial charge in [-0.2, -0.15) is 0 Å². The molecule has 32 heavy (non-hydrogen) atoms. The van der Waals surface area contributed by atoms with Gasteiger partial charge in [0, 0.05) is 10.9 Å². The normalized spacial score (nSPS) is 20.2. The summed E-state index contributed by atoms with van der Waals surface area (Å²) >= 11 is 6.20. The monoisotopic (exact) mass is 456 g/mol. The Labute approximate surface area is 189 Å². The Balaban J connectivity index is 1.38. The van der Waals surface area contributed by atoms with Gasteiger partial charge >= 0.3 is 6.09 Å². The Morgan fingerprint density at radius 1 is 1.06 bits per heavy atom. The van der Waals surface area contributed by atoms with Crippen molar-refractivity contribution in [3.63, 3.8) is 0 Å². The lowest BCUT2D eigenvalue weighted by molar-refractivity contribution is 0.138. The van der Waals surface area contributed by atoms with E-state index in [1.807, 2.05) is 10.6 Å². The molecule has 1 aromatic heterocycles. The zero-order chi connectivity index (χ0) is 22.2. The Hall–Kier alpha value is -3.13. The van der Waals surface area contributed by atoms with Crippen molar-refractivity contribution in [3.8, 4) is 11.4 Å². The van der Waals surface area contributed by atoms with Crippen molar-refractivity contribution >= 4 is 17.7 Å². The lowest BCUT2D eigenvalue weighted by Crippen LogP contribution is -2.28. The highest BCUT2D eigenvalue weighted by Crippen LogP contribution is 2.37. The fourth-order valence-electron chi connectivity index (χ4n) is 4.57. The van der Waals surface area contributed by atoms with E-state index in [1.54, 1.807) is 24.3 Å². The van der Waals surface area contributed by atoms with Crippen LogP contribution in [0.2, 0.25) is 5.02 Å². The molecule has 0 unspecified atom stereocenters. The van der Waals surface area contributed by atoms with Crippen molar-refractivity contribution in [2.24, 2.45) is 0 Å². The molecule has 0 spiro atoms. The van der Waals surface area contributed by atoms with E-state index in [9.17, 15) is 14.3 Å². The van der Waals surface area contributed by atoms with Crippen LogP contribution in [0.15, 0.2) is 42.5 Å². The molecule has 166 valence electrons. The highest BCUT2D eigenvalue weighted by atomic mass is 35.5. The molecule has 2 heterocycles. The van der Waals surface area contributed by atoms with Gasteiger partial charge in [0.2, 0.25) is 0 Å². The minimum Gasteiger partial charge on any atom is -0.490 e. The summed E-state index contributed by atoms with van der Waals surface area (Å²) in [5.41, 5.74) is 1.70. The topological polar surface area (TPSA) is 80.5 Å². The van der Waals surface area contributed by atoms with Crippen LogP contribution in [0.1, 0.15) is 48.8 Å². The fourth-order valence-corrected chi connectivity index (χ4v) is 4.77. The largest absolute Gasteiger partial charge is 0.490 e. The van der Waals surface area contributed by atoms with Gasteiger partial charge in [-0.1, -0.05) is 11.6 Å². The molecular weight excluding hydrogens is 435 g/mol. The zero-order valence-corrected chi connectivity index (χ0v) is 18.0. The number of carboxylic acid groups (broad SMARTS) is 1. The molecule has 1 saturated carbocycles.